The summed E-state index contributed by atoms with van der Waals surface area (Å²) in [4.78, 5) is 21.9. The normalized spacial score (nSPS) is 27.3. The summed E-state index contributed by atoms with van der Waals surface area (Å²) in [7, 11) is 0. The maximum atomic E-state index is 12.9. The molecular formula is C20H23N3O2. The van der Waals surface area contributed by atoms with Gasteiger partial charge in [-0.15, -0.1) is 0 Å². The number of piperazine rings is 1. The third kappa shape index (κ3) is 2.81. The second-order valence-electron chi connectivity index (χ2n) is 7.50. The fourth-order valence-electron chi connectivity index (χ4n) is 4.31. The Bertz CT molecular complexity index is 804. The van der Waals surface area contributed by atoms with E-state index in [9.17, 15) is 4.79 Å². The molecule has 2 aromatic rings. The number of ether oxygens (including phenoxy) is 1. The summed E-state index contributed by atoms with van der Waals surface area (Å²) in [6.45, 7) is 4.08. The number of nitrogens with zero attached hydrogens (tertiary/aromatic N) is 3. The number of rotatable bonds is 2. The van der Waals surface area contributed by atoms with Crippen molar-refractivity contribution in [3.63, 3.8) is 0 Å². The van der Waals surface area contributed by atoms with Crippen LogP contribution in [0, 0.1) is 5.92 Å². The molecule has 2 saturated heterocycles. The fraction of sp³-hybridized carbons (Fsp3) is 0.500. The van der Waals surface area contributed by atoms with Crippen LogP contribution in [0.3, 0.4) is 0 Å². The van der Waals surface area contributed by atoms with Crippen molar-refractivity contribution in [1.29, 1.82) is 0 Å². The summed E-state index contributed by atoms with van der Waals surface area (Å²) in [5, 5.41) is 2.13. The number of pyridine rings is 1. The first-order chi connectivity index (χ1) is 12.3. The van der Waals surface area contributed by atoms with Crippen LogP contribution in [0.5, 0.6) is 0 Å². The molecule has 1 aliphatic carbocycles. The summed E-state index contributed by atoms with van der Waals surface area (Å²) in [6.07, 6.45) is 4.47. The van der Waals surface area contributed by atoms with Gasteiger partial charge in [0, 0.05) is 37.3 Å². The van der Waals surface area contributed by atoms with Crippen LogP contribution in [0.2, 0.25) is 0 Å². The van der Waals surface area contributed by atoms with Crippen LogP contribution in [0.4, 0.5) is 0 Å². The molecule has 1 aromatic carbocycles. The van der Waals surface area contributed by atoms with E-state index in [1.54, 1.807) is 6.20 Å². The number of hydrogen-bond acceptors (Lipinski definition) is 4. The number of carbonyl (C=O) groups is 1. The van der Waals surface area contributed by atoms with Crippen LogP contribution in [0.25, 0.3) is 10.8 Å². The molecular weight excluding hydrogens is 314 g/mol. The molecule has 25 heavy (non-hydrogen) atoms. The first-order valence-corrected chi connectivity index (χ1v) is 9.27. The Labute approximate surface area is 147 Å². The highest BCUT2D eigenvalue weighted by molar-refractivity contribution is 5.96. The number of hydrogen-bond donors (Lipinski definition) is 0. The van der Waals surface area contributed by atoms with E-state index in [0.29, 0.717) is 17.8 Å². The highest BCUT2D eigenvalue weighted by Crippen LogP contribution is 2.38. The van der Waals surface area contributed by atoms with Crippen molar-refractivity contribution in [2.75, 3.05) is 32.8 Å². The number of carbonyl (C=O) groups excluding carboxylic acids is 1. The van der Waals surface area contributed by atoms with Crippen molar-refractivity contribution >= 4 is 16.7 Å². The molecule has 0 unspecified atom stereocenters. The number of fused-ring (bicyclic) bond motifs is 2. The average Bonchev–Trinajstić information content (AvgIpc) is 3.51. The van der Waals surface area contributed by atoms with Crippen molar-refractivity contribution < 1.29 is 9.53 Å². The molecule has 3 heterocycles. The molecule has 130 valence electrons. The lowest BCUT2D eigenvalue weighted by molar-refractivity contribution is -0.0816. The van der Waals surface area contributed by atoms with Gasteiger partial charge in [-0.3, -0.25) is 14.7 Å². The Morgan fingerprint density at radius 1 is 1.12 bits per heavy atom. The van der Waals surface area contributed by atoms with Gasteiger partial charge in [-0.25, -0.2) is 0 Å². The van der Waals surface area contributed by atoms with E-state index in [1.807, 2.05) is 35.2 Å². The number of morpholine rings is 1. The van der Waals surface area contributed by atoms with E-state index in [2.05, 4.69) is 9.88 Å². The molecule has 2 aliphatic heterocycles. The van der Waals surface area contributed by atoms with E-state index in [-0.39, 0.29) is 5.91 Å². The lowest BCUT2D eigenvalue weighted by Gasteiger charge is -2.48. The fourth-order valence-corrected chi connectivity index (χ4v) is 4.31. The first-order valence-electron chi connectivity index (χ1n) is 9.27. The largest absolute Gasteiger partial charge is 0.378 e. The topological polar surface area (TPSA) is 45.7 Å². The van der Waals surface area contributed by atoms with Gasteiger partial charge in [0.05, 0.1) is 19.3 Å². The second kappa shape index (κ2) is 6.07. The Kier molecular flexibility index (Phi) is 3.71. The summed E-state index contributed by atoms with van der Waals surface area (Å²) in [5.74, 6) is 0.853. The van der Waals surface area contributed by atoms with Crippen molar-refractivity contribution in [2.45, 2.75) is 24.9 Å². The minimum absolute atomic E-state index is 0.0407. The molecule has 1 amide bonds. The van der Waals surface area contributed by atoms with Crippen LogP contribution in [-0.4, -0.2) is 65.6 Å². The number of amides is 1. The Morgan fingerprint density at radius 3 is 2.80 bits per heavy atom. The molecule has 3 fully saturated rings. The van der Waals surface area contributed by atoms with Crippen LogP contribution >= 0.6 is 0 Å². The lowest BCUT2D eigenvalue weighted by atomic mass is 10.0. The van der Waals surface area contributed by atoms with E-state index in [4.69, 9.17) is 4.74 Å². The first kappa shape index (κ1) is 15.3. The molecule has 0 spiro atoms. The predicted octanol–water partition coefficient (Wildman–Crippen LogP) is 2.17. The molecule has 3 aliphatic rings. The van der Waals surface area contributed by atoms with Crippen LogP contribution in [0.1, 0.15) is 23.3 Å². The zero-order valence-corrected chi connectivity index (χ0v) is 14.3. The van der Waals surface area contributed by atoms with Crippen LogP contribution in [0.15, 0.2) is 36.5 Å². The highest BCUT2D eigenvalue weighted by Gasteiger charge is 2.43. The third-order valence-corrected chi connectivity index (χ3v) is 5.86. The predicted molar refractivity (Wildman–Crippen MR) is 95.5 cm³/mol. The van der Waals surface area contributed by atoms with Gasteiger partial charge in [0.25, 0.3) is 5.91 Å². The molecule has 2 atom stereocenters. The van der Waals surface area contributed by atoms with Gasteiger partial charge >= 0.3 is 0 Å². The van der Waals surface area contributed by atoms with E-state index >= 15 is 0 Å². The van der Waals surface area contributed by atoms with Gasteiger partial charge in [0.1, 0.15) is 5.69 Å². The van der Waals surface area contributed by atoms with Gasteiger partial charge < -0.3 is 9.64 Å². The third-order valence-electron chi connectivity index (χ3n) is 5.86. The summed E-state index contributed by atoms with van der Waals surface area (Å²) >= 11 is 0. The van der Waals surface area contributed by atoms with Crippen molar-refractivity contribution in [2.24, 2.45) is 5.92 Å². The van der Waals surface area contributed by atoms with E-state index < -0.39 is 0 Å². The quantitative estimate of drug-likeness (QED) is 0.843. The summed E-state index contributed by atoms with van der Waals surface area (Å²) in [6, 6.07) is 10.8. The SMILES string of the molecule is O=C(c1cc2ccccc2cn1)N1CCN2[C@@H](COC[C@@H]2C2CC2)C1. The molecule has 5 rings (SSSR count). The minimum atomic E-state index is 0.0407. The number of aromatic nitrogens is 1. The Morgan fingerprint density at radius 2 is 1.96 bits per heavy atom. The molecule has 1 saturated carbocycles. The molecule has 0 bridgehead atoms. The minimum Gasteiger partial charge on any atom is -0.378 e. The second-order valence-corrected chi connectivity index (χ2v) is 7.50. The summed E-state index contributed by atoms with van der Waals surface area (Å²) < 4.78 is 5.85. The monoisotopic (exact) mass is 337 g/mol. The van der Waals surface area contributed by atoms with E-state index in [1.165, 1.54) is 12.8 Å². The van der Waals surface area contributed by atoms with Gasteiger partial charge in [0.15, 0.2) is 0 Å². The van der Waals surface area contributed by atoms with Crippen LogP contribution in [-0.2, 0) is 4.74 Å². The van der Waals surface area contributed by atoms with Gasteiger partial charge in [-0.05, 0) is 30.2 Å². The van der Waals surface area contributed by atoms with Gasteiger partial charge in [-0.1, -0.05) is 24.3 Å². The van der Waals surface area contributed by atoms with Crippen LogP contribution < -0.4 is 0 Å². The smallest absolute Gasteiger partial charge is 0.272 e. The average molecular weight is 337 g/mol. The van der Waals surface area contributed by atoms with Crippen molar-refractivity contribution in [3.05, 3.63) is 42.2 Å². The Hall–Kier alpha value is -1.98. The molecule has 1 aromatic heterocycles. The summed E-state index contributed by atoms with van der Waals surface area (Å²) in [5.41, 5.74) is 0.544. The van der Waals surface area contributed by atoms with Gasteiger partial charge in [0.2, 0.25) is 0 Å². The zero-order chi connectivity index (χ0) is 16.8. The maximum absolute atomic E-state index is 12.9. The maximum Gasteiger partial charge on any atom is 0.272 e. The standard InChI is InChI=1S/C20H23N3O2/c24-20(18-9-15-3-1-2-4-16(15)10-21-18)22-7-8-23-17(11-22)12-25-13-19(23)14-5-6-14/h1-4,9-10,14,17,19H,5-8,11-13H2/t17-,19-/m1/s1. The molecule has 0 N–H and O–H groups in total. The lowest BCUT2D eigenvalue weighted by Crippen LogP contribution is -2.63. The van der Waals surface area contributed by atoms with Crippen molar-refractivity contribution in [1.82, 2.24) is 14.8 Å². The number of benzene rings is 1. The van der Waals surface area contributed by atoms with Crippen molar-refractivity contribution in [3.8, 4) is 0 Å². The zero-order valence-electron chi connectivity index (χ0n) is 14.3. The Balaban J connectivity index is 1.34. The van der Waals surface area contributed by atoms with E-state index in [0.717, 1.165) is 49.5 Å². The molecule has 5 nitrogen and oxygen atoms in total. The van der Waals surface area contributed by atoms with Gasteiger partial charge in [-0.2, -0.15) is 0 Å². The highest BCUT2D eigenvalue weighted by atomic mass is 16.5. The molecule has 0 radical (unpaired) electrons. The molecule has 5 heteroatoms.